The Balaban J connectivity index is 1.69. The van der Waals surface area contributed by atoms with Crippen LogP contribution >= 0.6 is 0 Å². The molecule has 1 amide bonds. The third-order valence-electron chi connectivity index (χ3n) is 4.74. The molecule has 1 aromatic heterocycles. The van der Waals surface area contributed by atoms with Gasteiger partial charge in [-0.05, 0) is 36.6 Å². The first-order valence-corrected chi connectivity index (χ1v) is 8.71. The number of ether oxygens (including phenoxy) is 1. The maximum Gasteiger partial charge on any atom is 0.255 e. The summed E-state index contributed by atoms with van der Waals surface area (Å²) in [5.74, 6) is 0.698. The molecule has 0 aliphatic heterocycles. The van der Waals surface area contributed by atoms with E-state index in [1.807, 2.05) is 53.4 Å². The van der Waals surface area contributed by atoms with Crippen molar-refractivity contribution in [2.24, 2.45) is 0 Å². The highest BCUT2D eigenvalue weighted by Gasteiger charge is 2.33. The van der Waals surface area contributed by atoms with E-state index in [1.165, 1.54) is 6.07 Å². The maximum absolute atomic E-state index is 13.3. The quantitative estimate of drug-likeness (QED) is 0.769. The molecule has 1 saturated carbocycles. The number of pyridine rings is 1. The zero-order chi connectivity index (χ0) is 18.1. The van der Waals surface area contributed by atoms with Gasteiger partial charge in [-0.15, -0.1) is 0 Å². The van der Waals surface area contributed by atoms with E-state index in [0.717, 1.165) is 29.5 Å². The average molecular weight is 348 g/mol. The number of aromatic nitrogens is 1. The third-order valence-corrected chi connectivity index (χ3v) is 4.74. The summed E-state index contributed by atoms with van der Waals surface area (Å²) in [7, 11) is 1.63. The summed E-state index contributed by atoms with van der Waals surface area (Å²) in [6.45, 7) is 0.522. The Morgan fingerprint density at radius 2 is 1.88 bits per heavy atom. The number of carbonyl (C=O) groups excluding carboxylic acids is 1. The van der Waals surface area contributed by atoms with Gasteiger partial charge >= 0.3 is 0 Å². The molecular weight excluding hydrogens is 328 g/mol. The Morgan fingerprint density at radius 1 is 1.15 bits per heavy atom. The molecule has 5 heteroatoms. The first-order valence-electron chi connectivity index (χ1n) is 8.71. The molecule has 1 fully saturated rings. The molecule has 0 spiro atoms. The summed E-state index contributed by atoms with van der Waals surface area (Å²) < 4.78 is 5.19. The fourth-order valence-electron chi connectivity index (χ4n) is 3.22. The van der Waals surface area contributed by atoms with Crippen molar-refractivity contribution in [1.29, 1.82) is 0 Å². The number of para-hydroxylation sites is 1. The fraction of sp³-hybridized carbons (Fsp3) is 0.238. The van der Waals surface area contributed by atoms with Crippen molar-refractivity contribution in [3.05, 3.63) is 76.1 Å². The van der Waals surface area contributed by atoms with Gasteiger partial charge in [-0.25, -0.2) is 0 Å². The van der Waals surface area contributed by atoms with Crippen LogP contribution in [0.5, 0.6) is 5.75 Å². The summed E-state index contributed by atoms with van der Waals surface area (Å²) >= 11 is 0. The SMILES string of the molecule is COc1ccc(CN(C(=O)c2cc(=O)[nH]c3ccccc23)C2CC2)cc1. The normalized spacial score (nSPS) is 13.6. The van der Waals surface area contributed by atoms with Crippen molar-refractivity contribution in [2.45, 2.75) is 25.4 Å². The molecule has 3 aromatic rings. The van der Waals surface area contributed by atoms with E-state index in [1.54, 1.807) is 7.11 Å². The maximum atomic E-state index is 13.3. The number of benzene rings is 2. The zero-order valence-electron chi connectivity index (χ0n) is 14.6. The predicted molar refractivity (Wildman–Crippen MR) is 100 cm³/mol. The molecule has 0 bridgehead atoms. The molecule has 1 N–H and O–H groups in total. The summed E-state index contributed by atoms with van der Waals surface area (Å²) in [5.41, 5.74) is 1.93. The largest absolute Gasteiger partial charge is 0.497 e. The van der Waals surface area contributed by atoms with Gasteiger partial charge in [0.25, 0.3) is 5.91 Å². The van der Waals surface area contributed by atoms with Gasteiger partial charge in [0.2, 0.25) is 5.56 Å². The summed E-state index contributed by atoms with van der Waals surface area (Å²) in [5, 5.41) is 0.775. The van der Waals surface area contributed by atoms with Gasteiger partial charge in [0, 0.05) is 29.6 Å². The Hall–Kier alpha value is -3.08. The lowest BCUT2D eigenvalue weighted by atomic mass is 10.1. The average Bonchev–Trinajstić information content (AvgIpc) is 3.50. The lowest BCUT2D eigenvalue weighted by molar-refractivity contribution is 0.0731. The van der Waals surface area contributed by atoms with E-state index < -0.39 is 0 Å². The number of H-pyrrole nitrogens is 1. The zero-order valence-corrected chi connectivity index (χ0v) is 14.6. The first-order chi connectivity index (χ1) is 12.7. The highest BCUT2D eigenvalue weighted by molar-refractivity contribution is 6.06. The van der Waals surface area contributed by atoms with E-state index >= 15 is 0 Å². The minimum absolute atomic E-state index is 0.0920. The monoisotopic (exact) mass is 348 g/mol. The van der Waals surface area contributed by atoms with Crippen LogP contribution in [0.15, 0.2) is 59.4 Å². The Bertz CT molecular complexity index is 1000. The van der Waals surface area contributed by atoms with Gasteiger partial charge in [-0.2, -0.15) is 0 Å². The Labute approximate surface area is 151 Å². The van der Waals surface area contributed by atoms with Crippen LogP contribution < -0.4 is 10.3 Å². The van der Waals surface area contributed by atoms with Crippen LogP contribution in [-0.4, -0.2) is 28.9 Å². The number of fused-ring (bicyclic) bond motifs is 1. The van der Waals surface area contributed by atoms with Crippen molar-refractivity contribution in [1.82, 2.24) is 9.88 Å². The number of aromatic amines is 1. The smallest absolute Gasteiger partial charge is 0.255 e. The second-order valence-corrected chi connectivity index (χ2v) is 6.61. The van der Waals surface area contributed by atoms with Gasteiger partial charge in [-0.3, -0.25) is 9.59 Å². The highest BCUT2D eigenvalue weighted by Crippen LogP contribution is 2.31. The van der Waals surface area contributed by atoms with E-state index in [2.05, 4.69) is 4.98 Å². The Morgan fingerprint density at radius 3 is 2.58 bits per heavy atom. The first kappa shape index (κ1) is 16.4. The minimum Gasteiger partial charge on any atom is -0.497 e. The summed E-state index contributed by atoms with van der Waals surface area (Å²) in [6.07, 6.45) is 2.01. The molecule has 4 rings (SSSR count). The van der Waals surface area contributed by atoms with Crippen molar-refractivity contribution < 1.29 is 9.53 Å². The summed E-state index contributed by atoms with van der Waals surface area (Å²) in [6, 6.07) is 16.8. The van der Waals surface area contributed by atoms with Crippen LogP contribution in [0, 0.1) is 0 Å². The second kappa shape index (κ2) is 6.67. The number of nitrogens with zero attached hydrogens (tertiary/aromatic N) is 1. The van der Waals surface area contributed by atoms with E-state index in [9.17, 15) is 9.59 Å². The molecule has 0 saturated heterocycles. The van der Waals surface area contributed by atoms with Crippen LogP contribution in [0.25, 0.3) is 10.9 Å². The molecule has 1 heterocycles. The van der Waals surface area contributed by atoms with Crippen molar-refractivity contribution in [3.63, 3.8) is 0 Å². The third kappa shape index (κ3) is 3.20. The molecule has 26 heavy (non-hydrogen) atoms. The molecular formula is C21H20N2O3. The van der Waals surface area contributed by atoms with E-state index in [4.69, 9.17) is 4.74 Å². The standard InChI is InChI=1S/C21H20N2O3/c1-26-16-10-6-14(7-11-16)13-23(15-8-9-15)21(25)18-12-20(24)22-19-5-3-2-4-17(18)19/h2-7,10-12,15H,8-9,13H2,1H3,(H,22,24). The van der Waals surface area contributed by atoms with Gasteiger partial charge in [0.15, 0.2) is 0 Å². The number of hydrogen-bond acceptors (Lipinski definition) is 3. The second-order valence-electron chi connectivity index (χ2n) is 6.61. The predicted octanol–water partition coefficient (Wildman–Crippen LogP) is 3.34. The van der Waals surface area contributed by atoms with Crippen LogP contribution in [-0.2, 0) is 6.54 Å². The lowest BCUT2D eigenvalue weighted by Gasteiger charge is -2.23. The van der Waals surface area contributed by atoms with Gasteiger partial charge in [-0.1, -0.05) is 30.3 Å². The van der Waals surface area contributed by atoms with Crippen molar-refractivity contribution in [3.8, 4) is 5.75 Å². The van der Waals surface area contributed by atoms with Crippen LogP contribution in [0.3, 0.4) is 0 Å². The van der Waals surface area contributed by atoms with Crippen molar-refractivity contribution in [2.75, 3.05) is 7.11 Å². The van der Waals surface area contributed by atoms with Crippen LogP contribution in [0.1, 0.15) is 28.8 Å². The number of methoxy groups -OCH3 is 1. The van der Waals surface area contributed by atoms with E-state index in [-0.39, 0.29) is 17.5 Å². The van der Waals surface area contributed by atoms with Crippen molar-refractivity contribution >= 4 is 16.8 Å². The molecule has 2 aromatic carbocycles. The molecule has 132 valence electrons. The number of nitrogens with one attached hydrogen (secondary N) is 1. The van der Waals surface area contributed by atoms with Gasteiger partial charge in [0.05, 0.1) is 12.7 Å². The number of carbonyl (C=O) groups is 1. The molecule has 5 nitrogen and oxygen atoms in total. The van der Waals surface area contributed by atoms with E-state index in [0.29, 0.717) is 17.6 Å². The molecule has 0 unspecified atom stereocenters. The molecule has 0 atom stereocenters. The number of amides is 1. The fourth-order valence-corrected chi connectivity index (χ4v) is 3.22. The van der Waals surface area contributed by atoms with Gasteiger partial charge in [0.1, 0.15) is 5.75 Å². The Kier molecular flexibility index (Phi) is 4.21. The highest BCUT2D eigenvalue weighted by atomic mass is 16.5. The number of hydrogen-bond donors (Lipinski definition) is 1. The molecule has 1 aliphatic carbocycles. The molecule has 0 radical (unpaired) electrons. The molecule has 1 aliphatic rings. The lowest BCUT2D eigenvalue weighted by Crippen LogP contribution is -2.33. The number of rotatable bonds is 5. The minimum atomic E-state index is -0.257. The van der Waals surface area contributed by atoms with Gasteiger partial charge < -0.3 is 14.6 Å². The van der Waals surface area contributed by atoms with Crippen LogP contribution in [0.4, 0.5) is 0 Å². The van der Waals surface area contributed by atoms with Crippen LogP contribution in [0.2, 0.25) is 0 Å². The topological polar surface area (TPSA) is 62.4 Å². The summed E-state index contributed by atoms with van der Waals surface area (Å²) in [4.78, 5) is 29.9.